The summed E-state index contributed by atoms with van der Waals surface area (Å²) in [6, 6.07) is 26.4. The first-order valence-corrected chi connectivity index (χ1v) is 12.5. The summed E-state index contributed by atoms with van der Waals surface area (Å²) in [5.41, 5.74) is 4.36. The van der Waals surface area contributed by atoms with Gasteiger partial charge in [0.25, 0.3) is 0 Å². The van der Waals surface area contributed by atoms with E-state index in [4.69, 9.17) is 4.42 Å². The fourth-order valence-corrected chi connectivity index (χ4v) is 5.72. The lowest BCUT2D eigenvalue weighted by molar-refractivity contribution is 0.529. The average Bonchev–Trinajstić information content (AvgIpc) is 3.48. The maximum Gasteiger partial charge on any atom is 0.340 e. The third-order valence-corrected chi connectivity index (χ3v) is 7.49. The van der Waals surface area contributed by atoms with Crippen LogP contribution in [0.5, 0.6) is 0 Å². The van der Waals surface area contributed by atoms with Crippen LogP contribution in [-0.2, 0) is 18.5 Å². The van der Waals surface area contributed by atoms with Crippen LogP contribution in [0.2, 0.25) is 0 Å². The van der Waals surface area contributed by atoms with E-state index in [2.05, 4.69) is 65.9 Å². The van der Waals surface area contributed by atoms with Gasteiger partial charge in [0.05, 0.1) is 11.0 Å². The summed E-state index contributed by atoms with van der Waals surface area (Å²) < 4.78 is 10.3. The van der Waals surface area contributed by atoms with Gasteiger partial charge in [-0.3, -0.25) is 0 Å². The molecule has 3 aromatic heterocycles. The first-order valence-electron chi connectivity index (χ1n) is 12.5. The number of allylic oxidation sites excluding steroid dienone is 2. The minimum Gasteiger partial charge on any atom is -0.422 e. The minimum absolute atomic E-state index is 0.331. The summed E-state index contributed by atoms with van der Waals surface area (Å²) in [6.45, 7) is 11.4. The molecule has 0 spiro atoms. The lowest BCUT2D eigenvalue weighted by Gasteiger charge is -2.29. The topological polar surface area (TPSA) is 40.1 Å². The first-order chi connectivity index (χ1) is 18.1. The van der Waals surface area contributed by atoms with Gasteiger partial charge < -0.3 is 13.6 Å². The van der Waals surface area contributed by atoms with Crippen molar-refractivity contribution in [3.8, 4) is 0 Å². The quantitative estimate of drug-likeness (QED) is 0.175. The molecule has 0 fully saturated rings. The number of hydrogen-bond donors (Lipinski definition) is 0. The van der Waals surface area contributed by atoms with Crippen molar-refractivity contribution < 1.29 is 4.42 Å². The molecule has 0 bridgehead atoms. The summed E-state index contributed by atoms with van der Waals surface area (Å²) in [5, 5.41) is 3.09. The monoisotopic (exact) mass is 484 g/mol. The molecule has 3 heterocycles. The van der Waals surface area contributed by atoms with Crippen molar-refractivity contribution in [2.24, 2.45) is 0 Å². The van der Waals surface area contributed by atoms with E-state index in [9.17, 15) is 4.79 Å². The smallest absolute Gasteiger partial charge is 0.340 e. The molecule has 4 nitrogen and oxygen atoms in total. The molecule has 0 aliphatic rings. The Morgan fingerprint density at radius 2 is 1.27 bits per heavy atom. The summed E-state index contributed by atoms with van der Waals surface area (Å²) in [5.74, 6) is 0. The molecule has 182 valence electrons. The van der Waals surface area contributed by atoms with Crippen molar-refractivity contribution in [2.75, 3.05) is 0 Å². The van der Waals surface area contributed by atoms with E-state index in [0.717, 1.165) is 38.3 Å². The average molecular weight is 485 g/mol. The molecule has 6 rings (SSSR count). The van der Waals surface area contributed by atoms with Gasteiger partial charge in [-0.05, 0) is 42.3 Å². The largest absolute Gasteiger partial charge is 0.422 e. The number of nitrogens with zero attached hydrogens (tertiary/aromatic N) is 2. The van der Waals surface area contributed by atoms with E-state index >= 15 is 0 Å². The van der Waals surface area contributed by atoms with Crippen molar-refractivity contribution >= 4 is 32.8 Å². The summed E-state index contributed by atoms with van der Waals surface area (Å²) in [7, 11) is 0. The second-order valence-corrected chi connectivity index (χ2v) is 9.61. The van der Waals surface area contributed by atoms with Crippen molar-refractivity contribution in [1.29, 1.82) is 0 Å². The predicted molar refractivity (Wildman–Crippen MR) is 152 cm³/mol. The second kappa shape index (κ2) is 8.82. The Morgan fingerprint density at radius 3 is 1.84 bits per heavy atom. The van der Waals surface area contributed by atoms with E-state index in [1.165, 1.54) is 0 Å². The lowest BCUT2D eigenvalue weighted by Crippen LogP contribution is -2.31. The van der Waals surface area contributed by atoms with Crippen molar-refractivity contribution in [2.45, 2.75) is 25.4 Å². The van der Waals surface area contributed by atoms with Crippen molar-refractivity contribution in [1.82, 2.24) is 9.13 Å². The molecule has 0 radical (unpaired) electrons. The van der Waals surface area contributed by atoms with Gasteiger partial charge in [0.15, 0.2) is 0 Å². The number of fused-ring (bicyclic) bond motifs is 3. The lowest BCUT2D eigenvalue weighted by atomic mass is 9.71. The molecule has 37 heavy (non-hydrogen) atoms. The normalized spacial score (nSPS) is 11.9. The summed E-state index contributed by atoms with van der Waals surface area (Å²) in [4.78, 5) is 13.8. The molecule has 0 amide bonds. The van der Waals surface area contributed by atoms with Gasteiger partial charge in [0.2, 0.25) is 0 Å². The predicted octanol–water partition coefficient (Wildman–Crippen LogP) is 7.43. The van der Waals surface area contributed by atoms with E-state index < -0.39 is 5.41 Å². The van der Waals surface area contributed by atoms with Crippen molar-refractivity contribution in [3.63, 3.8) is 0 Å². The Kier molecular flexibility index (Phi) is 5.45. The van der Waals surface area contributed by atoms with Gasteiger partial charge in [0.1, 0.15) is 5.58 Å². The summed E-state index contributed by atoms with van der Waals surface area (Å²) in [6.07, 6.45) is 8.13. The number of benzene rings is 3. The van der Waals surface area contributed by atoms with Gasteiger partial charge in [-0.25, -0.2) is 4.79 Å². The third kappa shape index (κ3) is 3.48. The molecule has 0 aliphatic heterocycles. The van der Waals surface area contributed by atoms with Gasteiger partial charge in [0, 0.05) is 52.7 Å². The fourth-order valence-electron chi connectivity index (χ4n) is 5.72. The van der Waals surface area contributed by atoms with Gasteiger partial charge >= 0.3 is 5.63 Å². The molecule has 4 heteroatoms. The molecule has 0 saturated heterocycles. The van der Waals surface area contributed by atoms with E-state index in [-0.39, 0.29) is 5.63 Å². The molecule has 0 aliphatic carbocycles. The summed E-state index contributed by atoms with van der Waals surface area (Å²) >= 11 is 0. The number of aromatic nitrogens is 2. The maximum absolute atomic E-state index is 13.8. The molecular formula is C33H28N2O2. The van der Waals surface area contributed by atoms with Crippen LogP contribution in [0.4, 0.5) is 0 Å². The standard InChI is InChI=1S/C33H28N2O2/c1-4-18-34-21-27(24-13-7-9-15-29(24)34)33(3,26-20-23-12-6-11-17-31(23)37-32(26)36)28-22-35(19-5-2)30-16-10-8-14-25(28)30/h4-17,20-22H,1-2,18-19H2,3H3. The molecule has 0 N–H and O–H groups in total. The zero-order valence-electron chi connectivity index (χ0n) is 20.9. The SMILES string of the molecule is C=CCn1cc(C(C)(c2cc3ccccc3oc2=O)c2cn(CC=C)c3ccccc23)c2ccccc21. The molecule has 0 saturated carbocycles. The Morgan fingerprint density at radius 1 is 0.757 bits per heavy atom. The Labute approximate surface area is 215 Å². The Hall–Kier alpha value is -4.57. The van der Waals surface area contributed by atoms with E-state index in [1.54, 1.807) is 0 Å². The van der Waals surface area contributed by atoms with Crippen LogP contribution in [0.25, 0.3) is 32.8 Å². The first kappa shape index (κ1) is 22.9. The van der Waals surface area contributed by atoms with Crippen LogP contribution in [0.3, 0.4) is 0 Å². The second-order valence-electron chi connectivity index (χ2n) is 9.61. The maximum atomic E-state index is 13.8. The third-order valence-electron chi connectivity index (χ3n) is 7.49. The zero-order chi connectivity index (χ0) is 25.6. The molecule has 0 atom stereocenters. The molecule has 3 aromatic carbocycles. The fraction of sp³-hybridized carbons (Fsp3) is 0.121. The highest BCUT2D eigenvalue weighted by atomic mass is 16.4. The minimum atomic E-state index is -0.803. The van der Waals surface area contributed by atoms with Crippen LogP contribution in [0.1, 0.15) is 23.6 Å². The number of para-hydroxylation sites is 3. The van der Waals surface area contributed by atoms with Crippen LogP contribution in [0, 0.1) is 0 Å². The molecule has 6 aromatic rings. The van der Waals surface area contributed by atoms with Crippen LogP contribution >= 0.6 is 0 Å². The highest BCUT2D eigenvalue weighted by molar-refractivity contribution is 5.92. The van der Waals surface area contributed by atoms with Crippen LogP contribution in [0.15, 0.2) is 126 Å². The van der Waals surface area contributed by atoms with E-state index in [0.29, 0.717) is 24.2 Å². The van der Waals surface area contributed by atoms with Crippen LogP contribution < -0.4 is 5.63 Å². The van der Waals surface area contributed by atoms with Gasteiger partial charge in [-0.1, -0.05) is 66.7 Å². The van der Waals surface area contributed by atoms with Crippen molar-refractivity contribution in [3.05, 3.63) is 144 Å². The highest BCUT2D eigenvalue weighted by Crippen LogP contribution is 2.45. The van der Waals surface area contributed by atoms with E-state index in [1.807, 2.05) is 66.7 Å². The Bertz CT molecular complexity index is 1780. The van der Waals surface area contributed by atoms with Gasteiger partial charge in [-0.2, -0.15) is 0 Å². The Balaban J connectivity index is 1.77. The zero-order valence-corrected chi connectivity index (χ0v) is 20.9. The molecule has 0 unspecified atom stereocenters. The highest BCUT2D eigenvalue weighted by Gasteiger charge is 2.39. The molecular weight excluding hydrogens is 456 g/mol. The number of rotatable bonds is 7. The number of hydrogen-bond acceptors (Lipinski definition) is 2. The van der Waals surface area contributed by atoms with Crippen LogP contribution in [-0.4, -0.2) is 9.13 Å². The van der Waals surface area contributed by atoms with Gasteiger partial charge in [-0.15, -0.1) is 13.2 Å².